The number of methoxy groups -OCH3 is 1. The quantitative estimate of drug-likeness (QED) is 0.837. The fourth-order valence-electron chi connectivity index (χ4n) is 2.55. The molecule has 1 aromatic carbocycles. The van der Waals surface area contributed by atoms with Gasteiger partial charge in [0, 0.05) is 39.4 Å². The number of hydrogen-bond donors (Lipinski definition) is 1. The van der Waals surface area contributed by atoms with Crippen molar-refractivity contribution in [3.63, 3.8) is 0 Å². The van der Waals surface area contributed by atoms with Crippen molar-refractivity contribution in [1.29, 1.82) is 0 Å². The van der Waals surface area contributed by atoms with E-state index in [1.54, 1.807) is 20.2 Å². The van der Waals surface area contributed by atoms with E-state index in [1.165, 1.54) is 9.80 Å². The predicted molar refractivity (Wildman–Crippen MR) is 78.6 cm³/mol. The van der Waals surface area contributed by atoms with Gasteiger partial charge in [-0.3, -0.25) is 4.90 Å². The van der Waals surface area contributed by atoms with Crippen LogP contribution in [0.4, 0.5) is 10.5 Å². The summed E-state index contributed by atoms with van der Waals surface area (Å²) in [4.78, 5) is 26.9. The van der Waals surface area contributed by atoms with Gasteiger partial charge in [0.05, 0.1) is 0 Å². The van der Waals surface area contributed by atoms with Gasteiger partial charge in [-0.25, -0.2) is 9.59 Å². The number of aliphatic carboxylic acids is 1. The molecule has 2 rings (SSSR count). The third-order valence-electron chi connectivity index (χ3n) is 3.64. The Bertz CT molecular complexity index is 532. The van der Waals surface area contributed by atoms with E-state index >= 15 is 0 Å². The van der Waals surface area contributed by atoms with Crippen LogP contribution in [0.3, 0.4) is 0 Å². The minimum absolute atomic E-state index is 0.288. The number of anilines is 1. The van der Waals surface area contributed by atoms with Crippen LogP contribution in [-0.4, -0.2) is 55.4 Å². The summed E-state index contributed by atoms with van der Waals surface area (Å²) >= 11 is 0. The molecule has 1 N–H and O–H groups in total. The molecule has 1 aromatic rings. The van der Waals surface area contributed by atoms with Crippen molar-refractivity contribution < 1.29 is 19.4 Å². The number of benzene rings is 1. The van der Waals surface area contributed by atoms with Gasteiger partial charge < -0.3 is 14.7 Å². The lowest BCUT2D eigenvalue weighted by molar-refractivity contribution is -0.138. The van der Waals surface area contributed by atoms with E-state index in [0.29, 0.717) is 31.7 Å². The number of ether oxygens (including phenoxy) is 1. The maximum Gasteiger partial charge on any atom is 0.327 e. The molecule has 0 aliphatic carbocycles. The lowest BCUT2D eigenvalue weighted by atomic mass is 10.1. The molecule has 0 fully saturated rings. The molecule has 0 spiro atoms. The highest BCUT2D eigenvalue weighted by Gasteiger charge is 2.39. The molecule has 1 heterocycles. The molecule has 0 aromatic heterocycles. The molecule has 1 aliphatic rings. The second-order valence-corrected chi connectivity index (χ2v) is 5.11. The van der Waals surface area contributed by atoms with Crippen LogP contribution in [0, 0.1) is 0 Å². The molecule has 0 saturated carbocycles. The van der Waals surface area contributed by atoms with Gasteiger partial charge in [-0.05, 0) is 18.1 Å². The van der Waals surface area contributed by atoms with Crippen molar-refractivity contribution in [3.05, 3.63) is 29.8 Å². The normalized spacial score (nSPS) is 16.7. The zero-order chi connectivity index (χ0) is 15.4. The summed E-state index contributed by atoms with van der Waals surface area (Å²) < 4.78 is 4.97. The fraction of sp³-hybridized carbons (Fsp3) is 0.467. The van der Waals surface area contributed by atoms with Crippen LogP contribution in [-0.2, 0) is 16.0 Å². The summed E-state index contributed by atoms with van der Waals surface area (Å²) in [7, 11) is 3.29. The van der Waals surface area contributed by atoms with E-state index in [-0.39, 0.29) is 6.03 Å². The van der Waals surface area contributed by atoms with Crippen LogP contribution in [0.5, 0.6) is 0 Å². The van der Waals surface area contributed by atoms with Crippen molar-refractivity contribution in [2.75, 3.05) is 32.2 Å². The van der Waals surface area contributed by atoms with Gasteiger partial charge in [0.2, 0.25) is 0 Å². The van der Waals surface area contributed by atoms with Gasteiger partial charge in [0.1, 0.15) is 6.04 Å². The maximum atomic E-state index is 12.6. The van der Waals surface area contributed by atoms with E-state index < -0.39 is 12.0 Å². The first kappa shape index (κ1) is 15.3. The van der Waals surface area contributed by atoms with E-state index in [0.717, 1.165) is 5.56 Å². The molecular weight excluding hydrogens is 272 g/mol. The lowest BCUT2D eigenvalue weighted by Gasteiger charge is -2.28. The number of para-hydroxylation sites is 1. The number of hydrogen-bond acceptors (Lipinski definition) is 3. The molecule has 2 amide bonds. The average molecular weight is 292 g/mol. The fourth-order valence-corrected chi connectivity index (χ4v) is 2.55. The van der Waals surface area contributed by atoms with E-state index in [1.807, 2.05) is 18.2 Å². The van der Waals surface area contributed by atoms with Crippen LogP contribution in [0.1, 0.15) is 12.0 Å². The number of carboxylic acid groups (broad SMARTS) is 1. The molecule has 21 heavy (non-hydrogen) atoms. The van der Waals surface area contributed by atoms with Gasteiger partial charge in [0.15, 0.2) is 0 Å². The molecule has 0 unspecified atom stereocenters. The van der Waals surface area contributed by atoms with Crippen LogP contribution >= 0.6 is 0 Å². The summed E-state index contributed by atoms with van der Waals surface area (Å²) in [5.74, 6) is -0.982. The van der Waals surface area contributed by atoms with Crippen LogP contribution in [0.2, 0.25) is 0 Å². The number of carbonyl (C=O) groups excluding carboxylic acids is 1. The minimum Gasteiger partial charge on any atom is -0.480 e. The number of rotatable bonds is 5. The Balaban J connectivity index is 2.18. The molecule has 114 valence electrons. The Morgan fingerprint density at radius 2 is 2.14 bits per heavy atom. The highest BCUT2D eigenvalue weighted by Crippen LogP contribution is 2.32. The van der Waals surface area contributed by atoms with Gasteiger partial charge in [-0.2, -0.15) is 0 Å². The first-order chi connectivity index (χ1) is 10.1. The molecule has 0 saturated heterocycles. The summed E-state index contributed by atoms with van der Waals surface area (Å²) in [6.07, 6.45) is 1.06. The Morgan fingerprint density at radius 1 is 1.43 bits per heavy atom. The van der Waals surface area contributed by atoms with E-state index in [4.69, 9.17) is 4.74 Å². The lowest BCUT2D eigenvalue weighted by Crippen LogP contribution is -2.48. The smallest absolute Gasteiger partial charge is 0.327 e. The summed E-state index contributed by atoms with van der Waals surface area (Å²) in [6.45, 7) is 1.09. The van der Waals surface area contributed by atoms with Gasteiger partial charge in [0.25, 0.3) is 0 Å². The standard InChI is InChI=1S/C15H20N2O4/c1-16(8-5-9-21-2)15(20)17-12-7-4-3-6-11(12)10-13(17)14(18)19/h3-4,6-7,13H,5,8-10H2,1-2H3,(H,18,19)/t13-/m0/s1. The van der Waals surface area contributed by atoms with Crippen LogP contribution < -0.4 is 4.90 Å². The zero-order valence-electron chi connectivity index (χ0n) is 12.3. The predicted octanol–water partition coefficient (Wildman–Crippen LogP) is 1.59. The second-order valence-electron chi connectivity index (χ2n) is 5.11. The molecule has 1 aliphatic heterocycles. The third kappa shape index (κ3) is 3.16. The number of carboxylic acids is 1. The number of fused-ring (bicyclic) bond motifs is 1. The topological polar surface area (TPSA) is 70.1 Å². The second kappa shape index (κ2) is 6.58. The Labute approximate surface area is 123 Å². The van der Waals surface area contributed by atoms with Gasteiger partial charge >= 0.3 is 12.0 Å². The molecule has 0 bridgehead atoms. The number of carbonyl (C=O) groups is 2. The number of urea groups is 1. The molecular formula is C15H20N2O4. The SMILES string of the molecule is COCCCN(C)C(=O)N1c2ccccc2C[C@H]1C(=O)O. The largest absolute Gasteiger partial charge is 0.480 e. The monoisotopic (exact) mass is 292 g/mol. The van der Waals surface area contributed by atoms with E-state index in [2.05, 4.69) is 0 Å². The van der Waals surface area contributed by atoms with Crippen molar-refractivity contribution in [2.45, 2.75) is 18.9 Å². The van der Waals surface area contributed by atoms with Crippen molar-refractivity contribution in [1.82, 2.24) is 4.90 Å². The number of nitrogens with zero attached hydrogens (tertiary/aromatic N) is 2. The zero-order valence-corrected chi connectivity index (χ0v) is 12.3. The number of amides is 2. The third-order valence-corrected chi connectivity index (χ3v) is 3.64. The molecule has 6 heteroatoms. The summed E-state index contributed by atoms with van der Waals surface area (Å²) in [6, 6.07) is 6.20. The molecule has 0 radical (unpaired) electrons. The Hall–Kier alpha value is -2.08. The highest BCUT2D eigenvalue weighted by atomic mass is 16.5. The molecule has 6 nitrogen and oxygen atoms in total. The van der Waals surface area contributed by atoms with Crippen molar-refractivity contribution >= 4 is 17.7 Å². The van der Waals surface area contributed by atoms with E-state index in [9.17, 15) is 14.7 Å². The van der Waals surface area contributed by atoms with Gasteiger partial charge in [-0.15, -0.1) is 0 Å². The Kier molecular flexibility index (Phi) is 4.80. The van der Waals surface area contributed by atoms with Crippen LogP contribution in [0.15, 0.2) is 24.3 Å². The summed E-state index contributed by atoms with van der Waals surface area (Å²) in [5, 5.41) is 9.37. The minimum atomic E-state index is -0.982. The maximum absolute atomic E-state index is 12.6. The summed E-state index contributed by atoms with van der Waals surface area (Å²) in [5.41, 5.74) is 1.58. The Morgan fingerprint density at radius 3 is 2.81 bits per heavy atom. The van der Waals surface area contributed by atoms with Crippen molar-refractivity contribution in [3.8, 4) is 0 Å². The van der Waals surface area contributed by atoms with Gasteiger partial charge in [-0.1, -0.05) is 18.2 Å². The van der Waals surface area contributed by atoms with Crippen molar-refractivity contribution in [2.24, 2.45) is 0 Å². The first-order valence-electron chi connectivity index (χ1n) is 6.90. The van der Waals surface area contributed by atoms with Crippen LogP contribution in [0.25, 0.3) is 0 Å². The highest BCUT2D eigenvalue weighted by molar-refractivity contribution is 6.00. The average Bonchev–Trinajstić information content (AvgIpc) is 2.86. The molecule has 1 atom stereocenters. The first-order valence-corrected chi connectivity index (χ1v) is 6.90.